The zero-order valence-corrected chi connectivity index (χ0v) is 11.5. The molecule has 0 heterocycles. The number of hydrogen-bond acceptors (Lipinski definition) is 1. The van der Waals surface area contributed by atoms with Crippen LogP contribution in [0.5, 0.6) is 0 Å². The van der Waals surface area contributed by atoms with Gasteiger partial charge in [-0.2, -0.15) is 0 Å². The van der Waals surface area contributed by atoms with Crippen molar-refractivity contribution in [2.75, 3.05) is 18.5 Å². The van der Waals surface area contributed by atoms with Crippen LogP contribution in [0.2, 0.25) is 0 Å². The van der Waals surface area contributed by atoms with E-state index in [2.05, 4.69) is 36.7 Å². The van der Waals surface area contributed by atoms with Crippen molar-refractivity contribution < 1.29 is 4.74 Å². The molecule has 0 aromatic rings. The third-order valence-electron chi connectivity index (χ3n) is 3.20. The first-order chi connectivity index (χ1) is 6.74. The number of unbranched alkanes of at least 4 members (excludes halogenated alkanes) is 1. The van der Waals surface area contributed by atoms with E-state index in [0.29, 0.717) is 5.41 Å². The molecule has 0 aromatic heterocycles. The topological polar surface area (TPSA) is 9.23 Å². The average Bonchev–Trinajstić information content (AvgIpc) is 2.24. The van der Waals surface area contributed by atoms with Gasteiger partial charge in [0.05, 0.1) is 0 Å². The summed E-state index contributed by atoms with van der Waals surface area (Å²) in [5.74, 6) is 0. The van der Waals surface area contributed by atoms with Crippen molar-refractivity contribution in [2.45, 2.75) is 52.9 Å². The maximum atomic E-state index is 5.61. The van der Waals surface area contributed by atoms with Gasteiger partial charge in [0.2, 0.25) is 0 Å². The molecule has 14 heavy (non-hydrogen) atoms. The van der Waals surface area contributed by atoms with E-state index in [1.807, 2.05) is 0 Å². The largest absolute Gasteiger partial charge is 0.381 e. The molecule has 2 heteroatoms. The summed E-state index contributed by atoms with van der Waals surface area (Å²) in [6, 6.07) is 0. The van der Waals surface area contributed by atoms with Crippen LogP contribution in [0.1, 0.15) is 52.9 Å². The van der Waals surface area contributed by atoms with Gasteiger partial charge in [-0.15, -0.1) is 0 Å². The van der Waals surface area contributed by atoms with Gasteiger partial charge in [0, 0.05) is 18.5 Å². The standard InChI is InChI=1S/C12H25BrO/c1-4-7-9-14-10-8-12(5-2,6-3)11-13/h4-11H2,1-3H3. The molecule has 0 aromatic carbocycles. The Bertz CT molecular complexity index is 113. The molecule has 0 amide bonds. The minimum Gasteiger partial charge on any atom is -0.381 e. The Hall–Kier alpha value is 0.440. The maximum Gasteiger partial charge on any atom is 0.0471 e. The van der Waals surface area contributed by atoms with Crippen molar-refractivity contribution in [3.8, 4) is 0 Å². The summed E-state index contributed by atoms with van der Waals surface area (Å²) in [5.41, 5.74) is 0.464. The highest BCUT2D eigenvalue weighted by atomic mass is 79.9. The first kappa shape index (κ1) is 14.4. The predicted molar refractivity (Wildman–Crippen MR) is 67.2 cm³/mol. The second-order valence-corrected chi connectivity index (χ2v) is 4.62. The van der Waals surface area contributed by atoms with Crippen molar-refractivity contribution in [3.63, 3.8) is 0 Å². The van der Waals surface area contributed by atoms with Gasteiger partial charge in [-0.1, -0.05) is 43.1 Å². The van der Waals surface area contributed by atoms with E-state index in [1.165, 1.54) is 32.1 Å². The fourth-order valence-corrected chi connectivity index (χ4v) is 2.57. The Balaban J connectivity index is 3.61. The summed E-state index contributed by atoms with van der Waals surface area (Å²) in [7, 11) is 0. The Morgan fingerprint density at radius 3 is 2.14 bits per heavy atom. The van der Waals surface area contributed by atoms with Gasteiger partial charge in [-0.3, -0.25) is 0 Å². The lowest BCUT2D eigenvalue weighted by atomic mass is 9.82. The number of rotatable bonds is 9. The second-order valence-electron chi connectivity index (χ2n) is 4.06. The van der Waals surface area contributed by atoms with Crippen LogP contribution < -0.4 is 0 Å². The summed E-state index contributed by atoms with van der Waals surface area (Å²) < 4.78 is 5.61. The van der Waals surface area contributed by atoms with Gasteiger partial charge < -0.3 is 4.74 Å². The number of halogens is 1. The monoisotopic (exact) mass is 264 g/mol. The fourth-order valence-electron chi connectivity index (χ4n) is 1.50. The molecule has 0 rings (SSSR count). The van der Waals surface area contributed by atoms with Crippen molar-refractivity contribution in [1.29, 1.82) is 0 Å². The van der Waals surface area contributed by atoms with Crippen molar-refractivity contribution in [2.24, 2.45) is 5.41 Å². The summed E-state index contributed by atoms with van der Waals surface area (Å²) in [5, 5.41) is 1.10. The van der Waals surface area contributed by atoms with E-state index in [-0.39, 0.29) is 0 Å². The Kier molecular flexibility index (Phi) is 9.00. The van der Waals surface area contributed by atoms with E-state index >= 15 is 0 Å². The Morgan fingerprint density at radius 1 is 1.07 bits per heavy atom. The van der Waals surface area contributed by atoms with E-state index in [4.69, 9.17) is 4.74 Å². The molecule has 0 N–H and O–H groups in total. The van der Waals surface area contributed by atoms with Crippen molar-refractivity contribution >= 4 is 15.9 Å². The third-order valence-corrected chi connectivity index (χ3v) is 4.39. The first-order valence-corrected chi connectivity index (χ1v) is 7.00. The molecule has 0 spiro atoms. The van der Waals surface area contributed by atoms with E-state index < -0.39 is 0 Å². The van der Waals surface area contributed by atoms with Crippen LogP contribution >= 0.6 is 15.9 Å². The average molecular weight is 265 g/mol. The first-order valence-electron chi connectivity index (χ1n) is 5.88. The van der Waals surface area contributed by atoms with E-state index in [1.54, 1.807) is 0 Å². The molecule has 0 saturated heterocycles. The lowest BCUT2D eigenvalue weighted by Gasteiger charge is -2.29. The minimum absolute atomic E-state index is 0.464. The molecule has 0 aliphatic carbocycles. The van der Waals surface area contributed by atoms with Crippen LogP contribution in [-0.4, -0.2) is 18.5 Å². The molecule has 0 radical (unpaired) electrons. The highest BCUT2D eigenvalue weighted by molar-refractivity contribution is 9.09. The van der Waals surface area contributed by atoms with Crippen LogP contribution in [0.25, 0.3) is 0 Å². The quantitative estimate of drug-likeness (QED) is 0.443. The lowest BCUT2D eigenvalue weighted by molar-refractivity contribution is 0.0954. The summed E-state index contributed by atoms with van der Waals surface area (Å²) >= 11 is 3.62. The molecule has 0 atom stereocenters. The van der Waals surface area contributed by atoms with Gasteiger partial charge in [0.1, 0.15) is 0 Å². The molecule has 1 nitrogen and oxygen atoms in total. The molecule has 86 valence electrons. The smallest absolute Gasteiger partial charge is 0.0471 e. The second kappa shape index (κ2) is 8.72. The highest BCUT2D eigenvalue weighted by Gasteiger charge is 2.23. The highest BCUT2D eigenvalue weighted by Crippen LogP contribution is 2.32. The van der Waals surface area contributed by atoms with Gasteiger partial charge in [0.15, 0.2) is 0 Å². The fraction of sp³-hybridized carbons (Fsp3) is 1.00. The molecule has 0 aliphatic heterocycles. The van der Waals surface area contributed by atoms with Crippen LogP contribution in [0.3, 0.4) is 0 Å². The zero-order chi connectivity index (χ0) is 10.9. The summed E-state index contributed by atoms with van der Waals surface area (Å²) in [6.07, 6.45) is 6.09. The van der Waals surface area contributed by atoms with E-state index in [0.717, 1.165) is 18.5 Å². The Morgan fingerprint density at radius 2 is 1.71 bits per heavy atom. The Labute approximate surface area is 97.7 Å². The van der Waals surface area contributed by atoms with E-state index in [9.17, 15) is 0 Å². The predicted octanol–water partition coefficient (Wildman–Crippen LogP) is 4.39. The molecular formula is C12H25BrO. The summed E-state index contributed by atoms with van der Waals surface area (Å²) in [4.78, 5) is 0. The normalized spacial score (nSPS) is 12.0. The van der Waals surface area contributed by atoms with Gasteiger partial charge >= 0.3 is 0 Å². The van der Waals surface area contributed by atoms with Crippen molar-refractivity contribution in [1.82, 2.24) is 0 Å². The zero-order valence-electron chi connectivity index (χ0n) is 9.94. The molecule has 0 saturated carbocycles. The van der Waals surface area contributed by atoms with Gasteiger partial charge in [-0.05, 0) is 31.1 Å². The minimum atomic E-state index is 0.464. The number of hydrogen-bond donors (Lipinski definition) is 0. The maximum absolute atomic E-state index is 5.61. The third kappa shape index (κ3) is 5.35. The number of ether oxygens (including phenoxy) is 1. The van der Waals surface area contributed by atoms with Crippen LogP contribution in [0.15, 0.2) is 0 Å². The van der Waals surface area contributed by atoms with Crippen molar-refractivity contribution in [3.05, 3.63) is 0 Å². The molecular weight excluding hydrogens is 240 g/mol. The lowest BCUT2D eigenvalue weighted by Crippen LogP contribution is -2.23. The van der Waals surface area contributed by atoms with Crippen LogP contribution in [0.4, 0.5) is 0 Å². The molecule has 0 fully saturated rings. The van der Waals surface area contributed by atoms with Crippen LogP contribution in [-0.2, 0) is 4.74 Å². The summed E-state index contributed by atoms with van der Waals surface area (Å²) in [6.45, 7) is 8.60. The van der Waals surface area contributed by atoms with Gasteiger partial charge in [-0.25, -0.2) is 0 Å². The molecule has 0 aliphatic rings. The number of alkyl halides is 1. The molecule has 0 bridgehead atoms. The van der Waals surface area contributed by atoms with Crippen LogP contribution in [0, 0.1) is 5.41 Å². The van der Waals surface area contributed by atoms with Gasteiger partial charge in [0.25, 0.3) is 0 Å². The molecule has 0 unspecified atom stereocenters. The SMILES string of the molecule is CCCCOCCC(CC)(CC)CBr.